The molecule has 15 heavy (non-hydrogen) atoms. The van der Waals surface area contributed by atoms with Crippen molar-refractivity contribution in [3.8, 4) is 0 Å². The third-order valence-corrected chi connectivity index (χ3v) is 3.40. The Balaban J connectivity index is 3.75. The number of alkyl halides is 1. The summed E-state index contributed by atoms with van der Waals surface area (Å²) in [6, 6.07) is 0. The SMILES string of the molecule is C[NH+](C)CCC(F)CCC(C)(C)N(Cl)Cl. The van der Waals surface area contributed by atoms with Gasteiger partial charge in [-0.1, -0.05) is 0 Å². The third kappa shape index (κ3) is 7.34. The van der Waals surface area contributed by atoms with Gasteiger partial charge in [0.2, 0.25) is 0 Å². The molecule has 0 saturated carbocycles. The van der Waals surface area contributed by atoms with Crippen molar-refractivity contribution >= 4 is 23.6 Å². The number of halogens is 3. The van der Waals surface area contributed by atoms with Crippen molar-refractivity contribution in [3.05, 3.63) is 0 Å². The largest absolute Gasteiger partial charge is 0.340 e. The number of nitrogens with zero attached hydrogens (tertiary/aromatic N) is 1. The predicted molar refractivity (Wildman–Crippen MR) is 64.0 cm³/mol. The zero-order valence-electron chi connectivity index (χ0n) is 9.99. The molecule has 0 aliphatic rings. The van der Waals surface area contributed by atoms with Gasteiger partial charge in [0.1, 0.15) is 6.17 Å². The van der Waals surface area contributed by atoms with Crippen LogP contribution in [0.15, 0.2) is 0 Å². The van der Waals surface area contributed by atoms with E-state index in [-0.39, 0.29) is 5.54 Å². The number of nitrogens with one attached hydrogen (secondary N) is 1. The minimum absolute atomic E-state index is 0.363. The van der Waals surface area contributed by atoms with Crippen molar-refractivity contribution in [2.75, 3.05) is 20.6 Å². The molecule has 1 N–H and O–H groups in total. The molecular weight excluding hydrogens is 238 g/mol. The Morgan fingerprint density at radius 3 is 2.20 bits per heavy atom. The lowest BCUT2D eigenvalue weighted by Crippen LogP contribution is -3.05. The molecule has 1 atom stereocenters. The first-order chi connectivity index (χ1) is 6.75. The van der Waals surface area contributed by atoms with Gasteiger partial charge in [0.25, 0.3) is 0 Å². The van der Waals surface area contributed by atoms with Gasteiger partial charge in [0, 0.05) is 12.0 Å². The molecule has 0 aromatic carbocycles. The van der Waals surface area contributed by atoms with Gasteiger partial charge in [-0.25, -0.2) is 4.39 Å². The normalized spacial score (nSPS) is 15.0. The van der Waals surface area contributed by atoms with Gasteiger partial charge < -0.3 is 4.90 Å². The first-order valence-corrected chi connectivity index (χ1v) is 5.98. The van der Waals surface area contributed by atoms with Crippen LogP contribution in [0.25, 0.3) is 0 Å². The zero-order chi connectivity index (χ0) is 12.1. The maximum absolute atomic E-state index is 13.4. The molecule has 0 aromatic rings. The minimum atomic E-state index is -0.757. The molecule has 5 heteroatoms. The summed E-state index contributed by atoms with van der Waals surface area (Å²) in [6.45, 7) is 4.65. The molecule has 0 aromatic heterocycles. The second-order valence-corrected chi connectivity index (χ2v) is 5.78. The van der Waals surface area contributed by atoms with Crippen LogP contribution in [0.1, 0.15) is 33.1 Å². The van der Waals surface area contributed by atoms with Crippen molar-refractivity contribution in [2.45, 2.75) is 44.8 Å². The predicted octanol–water partition coefficient (Wildman–Crippen LogP) is 2.03. The number of hydrogen-bond acceptors (Lipinski definition) is 1. The van der Waals surface area contributed by atoms with E-state index < -0.39 is 6.17 Å². The molecule has 0 bridgehead atoms. The molecule has 0 aliphatic heterocycles. The number of hydrogen-bond donors (Lipinski definition) is 1. The Morgan fingerprint density at radius 1 is 1.27 bits per heavy atom. The first-order valence-electron chi connectivity index (χ1n) is 5.30. The van der Waals surface area contributed by atoms with Gasteiger partial charge in [-0.2, -0.15) is 0 Å². The van der Waals surface area contributed by atoms with E-state index in [0.29, 0.717) is 19.3 Å². The highest BCUT2D eigenvalue weighted by atomic mass is 35.5. The van der Waals surface area contributed by atoms with Gasteiger partial charge in [-0.05, 0) is 50.2 Å². The van der Waals surface area contributed by atoms with Crippen molar-refractivity contribution in [1.82, 2.24) is 3.94 Å². The highest BCUT2D eigenvalue weighted by Gasteiger charge is 2.25. The molecule has 0 fully saturated rings. The standard InChI is InChI=1S/C10H21Cl2FN2/c1-10(2,15(11)12)7-5-9(13)6-8-14(3)4/h9H,5-8H2,1-4H3/p+1. The second kappa shape index (κ2) is 6.89. The van der Waals surface area contributed by atoms with Crippen LogP contribution in [0, 0.1) is 0 Å². The summed E-state index contributed by atoms with van der Waals surface area (Å²) in [6.07, 6.45) is 1.01. The van der Waals surface area contributed by atoms with Crippen molar-refractivity contribution in [2.24, 2.45) is 0 Å². The Morgan fingerprint density at radius 2 is 1.80 bits per heavy atom. The van der Waals surface area contributed by atoms with Crippen LogP contribution in [-0.4, -0.2) is 36.3 Å². The summed E-state index contributed by atoms with van der Waals surface area (Å²) in [5.41, 5.74) is -0.363. The molecule has 0 amide bonds. The molecule has 0 spiro atoms. The van der Waals surface area contributed by atoms with Gasteiger partial charge in [0.05, 0.1) is 20.6 Å². The molecule has 0 heterocycles. The van der Waals surface area contributed by atoms with Crippen LogP contribution < -0.4 is 4.90 Å². The Labute approximate surface area is 103 Å². The summed E-state index contributed by atoms with van der Waals surface area (Å²) in [7, 11) is 4.05. The molecule has 0 radical (unpaired) electrons. The highest BCUT2D eigenvalue weighted by molar-refractivity contribution is 6.34. The van der Waals surface area contributed by atoms with Crippen LogP contribution in [-0.2, 0) is 0 Å². The van der Waals surface area contributed by atoms with Crippen molar-refractivity contribution < 1.29 is 9.29 Å². The summed E-state index contributed by atoms with van der Waals surface area (Å²) in [5, 5.41) is 0. The van der Waals surface area contributed by atoms with E-state index in [1.807, 2.05) is 27.9 Å². The molecule has 92 valence electrons. The maximum Gasteiger partial charge on any atom is 0.106 e. The van der Waals surface area contributed by atoms with E-state index in [9.17, 15) is 4.39 Å². The Hall–Kier alpha value is 0.430. The van der Waals surface area contributed by atoms with Crippen LogP contribution in [0.4, 0.5) is 4.39 Å². The second-order valence-electron chi connectivity index (χ2n) is 4.93. The molecule has 0 saturated heterocycles. The van der Waals surface area contributed by atoms with Crippen LogP contribution in [0.5, 0.6) is 0 Å². The lowest BCUT2D eigenvalue weighted by Gasteiger charge is -2.27. The highest BCUT2D eigenvalue weighted by Crippen LogP contribution is 2.26. The van der Waals surface area contributed by atoms with Crippen LogP contribution in [0.3, 0.4) is 0 Å². The van der Waals surface area contributed by atoms with E-state index in [1.165, 1.54) is 4.90 Å². The number of quaternary nitrogens is 1. The Kier molecular flexibility index (Phi) is 7.09. The van der Waals surface area contributed by atoms with E-state index in [1.54, 1.807) is 0 Å². The Bertz CT molecular complexity index is 175. The fraction of sp³-hybridized carbons (Fsp3) is 1.00. The lowest BCUT2D eigenvalue weighted by atomic mass is 9.97. The molecule has 1 unspecified atom stereocenters. The molecule has 0 aliphatic carbocycles. The van der Waals surface area contributed by atoms with E-state index >= 15 is 0 Å². The van der Waals surface area contributed by atoms with Gasteiger partial charge in [-0.15, -0.1) is 3.94 Å². The third-order valence-electron chi connectivity index (χ3n) is 2.48. The lowest BCUT2D eigenvalue weighted by molar-refractivity contribution is -0.858. The fourth-order valence-corrected chi connectivity index (χ4v) is 1.35. The smallest absolute Gasteiger partial charge is 0.106 e. The van der Waals surface area contributed by atoms with Gasteiger partial charge in [-0.3, -0.25) is 0 Å². The monoisotopic (exact) mass is 259 g/mol. The quantitative estimate of drug-likeness (QED) is 0.688. The first kappa shape index (κ1) is 15.4. The minimum Gasteiger partial charge on any atom is -0.340 e. The molecule has 0 rings (SSSR count). The molecular formula is C10H22Cl2FN2+. The number of rotatable bonds is 7. The summed E-state index contributed by atoms with van der Waals surface area (Å²) >= 11 is 11.3. The van der Waals surface area contributed by atoms with E-state index in [2.05, 4.69) is 0 Å². The van der Waals surface area contributed by atoms with Gasteiger partial charge in [0.15, 0.2) is 0 Å². The summed E-state index contributed by atoms with van der Waals surface area (Å²) < 4.78 is 14.5. The summed E-state index contributed by atoms with van der Waals surface area (Å²) in [4.78, 5) is 1.27. The van der Waals surface area contributed by atoms with Crippen molar-refractivity contribution in [1.29, 1.82) is 0 Å². The van der Waals surface area contributed by atoms with Gasteiger partial charge >= 0.3 is 0 Å². The van der Waals surface area contributed by atoms with Crippen LogP contribution in [0.2, 0.25) is 0 Å². The summed E-state index contributed by atoms with van der Waals surface area (Å²) in [5.74, 6) is 0. The zero-order valence-corrected chi connectivity index (χ0v) is 11.5. The maximum atomic E-state index is 13.4. The average Bonchev–Trinajstić information content (AvgIpc) is 2.11. The van der Waals surface area contributed by atoms with Crippen LogP contribution >= 0.6 is 23.6 Å². The van der Waals surface area contributed by atoms with E-state index in [0.717, 1.165) is 10.5 Å². The topological polar surface area (TPSA) is 7.68 Å². The van der Waals surface area contributed by atoms with E-state index in [4.69, 9.17) is 23.6 Å². The average molecular weight is 260 g/mol. The van der Waals surface area contributed by atoms with Crippen molar-refractivity contribution in [3.63, 3.8) is 0 Å². The molecule has 2 nitrogen and oxygen atoms in total. The fourth-order valence-electron chi connectivity index (χ4n) is 1.18.